The van der Waals surface area contributed by atoms with Gasteiger partial charge in [0.15, 0.2) is 6.04 Å². The smallest absolute Gasteiger partial charge is 0.330 e. The maximum Gasteiger partial charge on any atom is 0.330 e. The molecule has 1 rings (SSSR count). The molecule has 0 saturated carbocycles. The van der Waals surface area contributed by atoms with Gasteiger partial charge < -0.3 is 20.9 Å². The van der Waals surface area contributed by atoms with Crippen molar-refractivity contribution in [2.24, 2.45) is 5.73 Å². The minimum Gasteiger partial charge on any atom is -0.479 e. The Kier molecular flexibility index (Phi) is 5.98. The van der Waals surface area contributed by atoms with E-state index in [1.807, 2.05) is 0 Å². The highest BCUT2D eigenvalue weighted by Gasteiger charge is 2.24. The highest BCUT2D eigenvalue weighted by atomic mass is 16.5. The number of aliphatic carboxylic acids is 1. The molecular weight excluding hydrogens is 248 g/mol. The van der Waals surface area contributed by atoms with Crippen molar-refractivity contribution in [3.8, 4) is 0 Å². The summed E-state index contributed by atoms with van der Waals surface area (Å²) in [6, 6.07) is 6.59. The molecule has 0 radical (unpaired) electrons. The highest BCUT2D eigenvalue weighted by Crippen LogP contribution is 2.12. The Labute approximate surface area is 111 Å². The van der Waals surface area contributed by atoms with Crippen molar-refractivity contribution < 1.29 is 19.4 Å². The fourth-order valence-corrected chi connectivity index (χ4v) is 1.56. The first-order valence-electron chi connectivity index (χ1n) is 5.89. The summed E-state index contributed by atoms with van der Waals surface area (Å²) in [5.41, 5.74) is 6.15. The zero-order valence-corrected chi connectivity index (χ0v) is 10.7. The van der Waals surface area contributed by atoms with Crippen LogP contribution in [0.1, 0.15) is 18.0 Å². The van der Waals surface area contributed by atoms with Crippen molar-refractivity contribution in [3.05, 3.63) is 35.9 Å². The number of hydrogen-bond donors (Lipinski definition) is 3. The quantitative estimate of drug-likeness (QED) is 0.658. The van der Waals surface area contributed by atoms with E-state index in [9.17, 15) is 9.59 Å². The van der Waals surface area contributed by atoms with Crippen LogP contribution in [0.15, 0.2) is 30.3 Å². The summed E-state index contributed by atoms with van der Waals surface area (Å²) in [5, 5.41) is 11.6. The topological polar surface area (TPSA) is 102 Å². The number of ether oxygens (including phenoxy) is 1. The Morgan fingerprint density at radius 3 is 2.53 bits per heavy atom. The molecule has 0 saturated heterocycles. The molecular formula is C13H18N2O4. The molecule has 1 aromatic carbocycles. The Balaban J connectivity index is 2.70. The maximum atomic E-state index is 11.8. The number of carboxylic acids is 1. The molecule has 2 unspecified atom stereocenters. The van der Waals surface area contributed by atoms with Crippen LogP contribution in [0.25, 0.3) is 0 Å². The van der Waals surface area contributed by atoms with Crippen molar-refractivity contribution in [3.63, 3.8) is 0 Å². The lowest BCUT2D eigenvalue weighted by Gasteiger charge is -2.18. The number of carboxylic acid groups (broad SMARTS) is 1. The number of methoxy groups -OCH3 is 1. The molecule has 0 aliphatic heterocycles. The summed E-state index contributed by atoms with van der Waals surface area (Å²) in [4.78, 5) is 23.0. The third-order valence-corrected chi connectivity index (χ3v) is 2.64. The van der Waals surface area contributed by atoms with E-state index in [0.29, 0.717) is 18.6 Å². The third-order valence-electron chi connectivity index (χ3n) is 2.64. The minimum atomic E-state index is -1.13. The lowest BCUT2D eigenvalue weighted by Crippen LogP contribution is -2.44. The van der Waals surface area contributed by atoms with Gasteiger partial charge in [-0.05, 0) is 12.0 Å². The molecule has 2 atom stereocenters. The largest absolute Gasteiger partial charge is 0.479 e. The number of amides is 1. The molecule has 0 fully saturated rings. The number of carbonyl (C=O) groups is 2. The zero-order valence-electron chi connectivity index (χ0n) is 10.7. The van der Waals surface area contributed by atoms with E-state index < -0.39 is 24.0 Å². The second kappa shape index (κ2) is 7.50. The van der Waals surface area contributed by atoms with Gasteiger partial charge in [0.2, 0.25) is 5.91 Å². The fraction of sp³-hybridized carbons (Fsp3) is 0.385. The number of rotatable bonds is 7. The summed E-state index contributed by atoms with van der Waals surface area (Å²) in [7, 11) is 1.51. The van der Waals surface area contributed by atoms with Crippen LogP contribution in [0.5, 0.6) is 0 Å². The number of nitrogens with one attached hydrogen (secondary N) is 1. The van der Waals surface area contributed by atoms with Gasteiger partial charge in [-0.1, -0.05) is 30.3 Å². The second-order valence-corrected chi connectivity index (χ2v) is 4.08. The summed E-state index contributed by atoms with van der Waals surface area (Å²) >= 11 is 0. The molecule has 0 heterocycles. The van der Waals surface area contributed by atoms with E-state index in [2.05, 4.69) is 5.32 Å². The van der Waals surface area contributed by atoms with Gasteiger partial charge >= 0.3 is 5.97 Å². The van der Waals surface area contributed by atoms with Crippen LogP contribution in [0, 0.1) is 0 Å². The van der Waals surface area contributed by atoms with E-state index in [-0.39, 0.29) is 0 Å². The molecule has 6 nitrogen and oxygen atoms in total. The standard InChI is InChI=1S/C13H18N2O4/c1-19-8-7-10(14)12(16)15-11(13(17)18)9-5-3-2-4-6-9/h2-6,10-11H,7-8,14H2,1H3,(H,15,16)(H,17,18). The van der Waals surface area contributed by atoms with Crippen LogP contribution in [0.3, 0.4) is 0 Å². The van der Waals surface area contributed by atoms with Crippen molar-refractivity contribution in [2.75, 3.05) is 13.7 Å². The molecule has 1 amide bonds. The van der Waals surface area contributed by atoms with Gasteiger partial charge in [0.05, 0.1) is 6.04 Å². The Hall–Kier alpha value is -1.92. The van der Waals surface area contributed by atoms with Gasteiger partial charge in [-0.25, -0.2) is 4.79 Å². The average molecular weight is 266 g/mol. The lowest BCUT2D eigenvalue weighted by atomic mass is 10.1. The number of hydrogen-bond acceptors (Lipinski definition) is 4. The lowest BCUT2D eigenvalue weighted by molar-refractivity contribution is -0.142. The predicted octanol–water partition coefficient (Wildman–Crippen LogP) is 0.292. The monoisotopic (exact) mass is 266 g/mol. The first-order chi connectivity index (χ1) is 9.06. The first-order valence-corrected chi connectivity index (χ1v) is 5.89. The second-order valence-electron chi connectivity index (χ2n) is 4.08. The van der Waals surface area contributed by atoms with Gasteiger partial charge in [0.1, 0.15) is 0 Å². The molecule has 0 aliphatic rings. The van der Waals surface area contributed by atoms with Gasteiger partial charge in [-0.15, -0.1) is 0 Å². The Morgan fingerprint density at radius 1 is 1.37 bits per heavy atom. The van der Waals surface area contributed by atoms with E-state index in [0.717, 1.165) is 0 Å². The Morgan fingerprint density at radius 2 is 2.00 bits per heavy atom. The van der Waals surface area contributed by atoms with Gasteiger partial charge in [0.25, 0.3) is 0 Å². The van der Waals surface area contributed by atoms with E-state index in [1.165, 1.54) is 7.11 Å². The fourth-order valence-electron chi connectivity index (χ4n) is 1.56. The SMILES string of the molecule is COCCC(N)C(=O)NC(C(=O)O)c1ccccc1. The third kappa shape index (κ3) is 4.69. The molecule has 0 aromatic heterocycles. The molecule has 104 valence electrons. The van der Waals surface area contributed by atoms with Crippen molar-refractivity contribution >= 4 is 11.9 Å². The molecule has 6 heteroatoms. The maximum absolute atomic E-state index is 11.8. The number of nitrogens with two attached hydrogens (primary N) is 1. The first kappa shape index (κ1) is 15.1. The Bertz CT molecular complexity index is 422. The van der Waals surface area contributed by atoms with Gasteiger partial charge in [-0.2, -0.15) is 0 Å². The van der Waals surface area contributed by atoms with E-state index >= 15 is 0 Å². The summed E-state index contributed by atoms with van der Waals surface area (Å²) < 4.78 is 4.82. The molecule has 0 bridgehead atoms. The van der Waals surface area contributed by atoms with Gasteiger partial charge in [-0.3, -0.25) is 4.79 Å². The summed E-state index contributed by atoms with van der Waals surface area (Å²) in [5.74, 6) is -1.63. The van der Waals surface area contributed by atoms with Crippen molar-refractivity contribution in [1.82, 2.24) is 5.32 Å². The molecule has 0 aliphatic carbocycles. The van der Waals surface area contributed by atoms with Crippen LogP contribution < -0.4 is 11.1 Å². The number of carbonyl (C=O) groups excluding carboxylic acids is 1. The van der Waals surface area contributed by atoms with E-state index in [1.54, 1.807) is 30.3 Å². The van der Waals surface area contributed by atoms with Crippen molar-refractivity contribution in [1.29, 1.82) is 0 Å². The predicted molar refractivity (Wildman–Crippen MR) is 69.4 cm³/mol. The van der Waals surface area contributed by atoms with Crippen LogP contribution in [-0.2, 0) is 14.3 Å². The number of benzene rings is 1. The molecule has 4 N–H and O–H groups in total. The average Bonchev–Trinajstić information content (AvgIpc) is 2.42. The summed E-state index contributed by atoms with van der Waals surface area (Å²) in [6.07, 6.45) is 0.337. The molecule has 1 aromatic rings. The van der Waals surface area contributed by atoms with Crippen LogP contribution in [-0.4, -0.2) is 36.7 Å². The zero-order chi connectivity index (χ0) is 14.3. The van der Waals surface area contributed by atoms with Crippen LogP contribution in [0.4, 0.5) is 0 Å². The minimum absolute atomic E-state index is 0.337. The van der Waals surface area contributed by atoms with Gasteiger partial charge in [0, 0.05) is 13.7 Å². The van der Waals surface area contributed by atoms with Crippen molar-refractivity contribution in [2.45, 2.75) is 18.5 Å². The van der Waals surface area contributed by atoms with E-state index in [4.69, 9.17) is 15.6 Å². The van der Waals surface area contributed by atoms with Crippen LogP contribution >= 0.6 is 0 Å². The summed E-state index contributed by atoms with van der Waals surface area (Å²) in [6.45, 7) is 0.345. The highest BCUT2D eigenvalue weighted by molar-refractivity contribution is 5.87. The molecule has 0 spiro atoms. The van der Waals surface area contributed by atoms with Crippen LogP contribution in [0.2, 0.25) is 0 Å². The molecule has 19 heavy (non-hydrogen) atoms. The normalized spacial score (nSPS) is 13.6.